The third-order valence-corrected chi connectivity index (χ3v) is 4.10. The number of hydrogen-bond donors (Lipinski definition) is 1. The minimum Gasteiger partial charge on any atom is -0.325 e. The van der Waals surface area contributed by atoms with Crippen LogP contribution in [0.5, 0.6) is 0 Å². The van der Waals surface area contributed by atoms with Crippen LogP contribution < -0.4 is 10.9 Å². The van der Waals surface area contributed by atoms with E-state index in [1.807, 2.05) is 30.3 Å². The van der Waals surface area contributed by atoms with Gasteiger partial charge in [0, 0.05) is 16.9 Å². The molecule has 1 aliphatic rings. The monoisotopic (exact) mass is 309 g/mol. The average molecular weight is 309 g/mol. The Morgan fingerprint density at radius 2 is 2.04 bits per heavy atom. The van der Waals surface area contributed by atoms with Gasteiger partial charge in [0.25, 0.3) is 5.56 Å². The lowest BCUT2D eigenvalue weighted by molar-refractivity contribution is -0.116. The number of benzene rings is 1. The van der Waals surface area contributed by atoms with Crippen molar-refractivity contribution < 1.29 is 4.79 Å². The molecular weight excluding hydrogens is 294 g/mol. The second-order valence-electron chi connectivity index (χ2n) is 5.56. The molecule has 7 nitrogen and oxygen atoms in total. The molecule has 0 saturated carbocycles. The molecule has 0 aliphatic heterocycles. The van der Waals surface area contributed by atoms with E-state index in [9.17, 15) is 9.59 Å². The molecule has 2 heterocycles. The molecule has 0 saturated heterocycles. The molecule has 1 N–H and O–H groups in total. The maximum atomic E-state index is 12.4. The van der Waals surface area contributed by atoms with Crippen LogP contribution in [0.25, 0.3) is 5.78 Å². The predicted octanol–water partition coefficient (Wildman–Crippen LogP) is 1.02. The van der Waals surface area contributed by atoms with Crippen LogP contribution in [-0.2, 0) is 24.2 Å². The largest absolute Gasteiger partial charge is 0.325 e. The third-order valence-electron chi connectivity index (χ3n) is 4.10. The van der Waals surface area contributed by atoms with Crippen molar-refractivity contribution in [1.82, 2.24) is 19.2 Å². The summed E-state index contributed by atoms with van der Waals surface area (Å²) in [4.78, 5) is 28.9. The molecule has 1 aromatic carbocycles. The zero-order valence-electron chi connectivity index (χ0n) is 12.4. The summed E-state index contributed by atoms with van der Waals surface area (Å²) >= 11 is 0. The van der Waals surface area contributed by atoms with Crippen molar-refractivity contribution in [2.75, 3.05) is 5.32 Å². The van der Waals surface area contributed by atoms with Gasteiger partial charge in [0.05, 0.1) is 0 Å². The summed E-state index contributed by atoms with van der Waals surface area (Å²) in [6.45, 7) is 0.111. The van der Waals surface area contributed by atoms with Crippen LogP contribution >= 0.6 is 0 Å². The fourth-order valence-electron chi connectivity index (χ4n) is 3.10. The molecule has 0 atom stereocenters. The van der Waals surface area contributed by atoms with Gasteiger partial charge in [-0.25, -0.2) is 0 Å². The molecule has 2 aromatic heterocycles. The molecule has 0 bridgehead atoms. The van der Waals surface area contributed by atoms with Crippen molar-refractivity contribution in [2.45, 2.75) is 25.8 Å². The van der Waals surface area contributed by atoms with E-state index in [-0.39, 0.29) is 18.0 Å². The summed E-state index contributed by atoms with van der Waals surface area (Å²) < 4.78 is 3.08. The highest BCUT2D eigenvalue weighted by atomic mass is 16.2. The molecule has 1 aliphatic carbocycles. The Hall–Kier alpha value is -2.96. The first kappa shape index (κ1) is 13.7. The Kier molecular flexibility index (Phi) is 3.18. The summed E-state index contributed by atoms with van der Waals surface area (Å²) in [6.07, 6.45) is 3.77. The van der Waals surface area contributed by atoms with Gasteiger partial charge in [-0.2, -0.15) is 14.6 Å². The second kappa shape index (κ2) is 5.35. The summed E-state index contributed by atoms with van der Waals surface area (Å²) in [5.41, 5.74) is 2.27. The maximum absolute atomic E-state index is 12.4. The normalized spacial score (nSPS) is 13.2. The molecule has 0 spiro atoms. The molecular formula is C16H15N5O2. The van der Waals surface area contributed by atoms with Gasteiger partial charge in [-0.15, -0.1) is 0 Å². The molecule has 23 heavy (non-hydrogen) atoms. The van der Waals surface area contributed by atoms with Crippen molar-refractivity contribution in [3.8, 4) is 0 Å². The lowest BCUT2D eigenvalue weighted by atomic mass is 10.2. The smallest absolute Gasteiger partial charge is 0.279 e. The number of carbonyl (C=O) groups excluding carboxylic acids is 1. The van der Waals surface area contributed by atoms with Crippen molar-refractivity contribution in [3.05, 3.63) is 58.3 Å². The SMILES string of the molecule is O=C(Cn1c2c(c(=O)n3ncnc13)CCC2)Nc1ccccc1. The first-order valence-electron chi connectivity index (χ1n) is 7.53. The van der Waals surface area contributed by atoms with E-state index < -0.39 is 0 Å². The van der Waals surface area contributed by atoms with Crippen LogP contribution in [0.4, 0.5) is 5.69 Å². The van der Waals surface area contributed by atoms with Crippen LogP contribution in [0.15, 0.2) is 41.5 Å². The van der Waals surface area contributed by atoms with Gasteiger partial charge in [-0.3, -0.25) is 9.59 Å². The Morgan fingerprint density at radius 3 is 2.87 bits per heavy atom. The van der Waals surface area contributed by atoms with Crippen LogP contribution in [0.2, 0.25) is 0 Å². The van der Waals surface area contributed by atoms with E-state index in [0.717, 1.165) is 36.2 Å². The number of para-hydroxylation sites is 1. The van der Waals surface area contributed by atoms with E-state index in [4.69, 9.17) is 0 Å². The highest BCUT2D eigenvalue weighted by Gasteiger charge is 2.23. The summed E-state index contributed by atoms with van der Waals surface area (Å²) in [5.74, 6) is 0.262. The molecule has 7 heteroatoms. The van der Waals surface area contributed by atoms with Gasteiger partial charge in [-0.05, 0) is 31.4 Å². The Balaban J connectivity index is 1.72. The number of nitrogens with zero attached hydrogens (tertiary/aromatic N) is 4. The number of hydrogen-bond acceptors (Lipinski definition) is 4. The second-order valence-corrected chi connectivity index (χ2v) is 5.56. The van der Waals surface area contributed by atoms with E-state index in [1.165, 1.54) is 10.8 Å². The zero-order chi connectivity index (χ0) is 15.8. The fourth-order valence-corrected chi connectivity index (χ4v) is 3.10. The van der Waals surface area contributed by atoms with E-state index in [0.29, 0.717) is 5.78 Å². The van der Waals surface area contributed by atoms with Crippen LogP contribution in [0.3, 0.4) is 0 Å². The molecule has 3 aromatic rings. The molecule has 1 amide bonds. The standard InChI is InChI=1S/C16H15N5O2/c22-14(19-11-5-2-1-3-6-11)9-20-13-8-4-7-12(13)15(23)21-16(20)17-10-18-21/h1-3,5-6,10H,4,7-9H2,(H,19,22). The maximum Gasteiger partial charge on any atom is 0.279 e. The first-order valence-corrected chi connectivity index (χ1v) is 7.53. The number of rotatable bonds is 3. The van der Waals surface area contributed by atoms with Gasteiger partial charge in [0.1, 0.15) is 12.9 Å². The minimum absolute atomic E-state index is 0.111. The first-order chi connectivity index (χ1) is 11.2. The fraction of sp³-hybridized carbons (Fsp3) is 0.250. The van der Waals surface area contributed by atoms with Crippen molar-refractivity contribution >= 4 is 17.4 Å². The van der Waals surface area contributed by atoms with E-state index in [1.54, 1.807) is 4.57 Å². The summed E-state index contributed by atoms with van der Waals surface area (Å²) in [6, 6.07) is 9.29. The Bertz CT molecular complexity index is 942. The molecule has 116 valence electrons. The number of aromatic nitrogens is 4. The number of anilines is 1. The summed E-state index contributed by atoms with van der Waals surface area (Å²) in [7, 11) is 0. The highest BCUT2D eigenvalue weighted by molar-refractivity contribution is 5.90. The van der Waals surface area contributed by atoms with Gasteiger partial charge in [0.2, 0.25) is 11.7 Å². The van der Waals surface area contributed by atoms with E-state index >= 15 is 0 Å². The van der Waals surface area contributed by atoms with Gasteiger partial charge < -0.3 is 9.88 Å². The molecule has 4 rings (SSSR count). The predicted molar refractivity (Wildman–Crippen MR) is 84.3 cm³/mol. The highest BCUT2D eigenvalue weighted by Crippen LogP contribution is 2.20. The van der Waals surface area contributed by atoms with Crippen molar-refractivity contribution in [2.24, 2.45) is 0 Å². The number of amides is 1. The lowest BCUT2D eigenvalue weighted by Gasteiger charge is -2.13. The molecule has 0 unspecified atom stereocenters. The van der Waals surface area contributed by atoms with Crippen molar-refractivity contribution in [3.63, 3.8) is 0 Å². The number of fused-ring (bicyclic) bond motifs is 2. The van der Waals surface area contributed by atoms with Crippen LogP contribution in [0, 0.1) is 0 Å². The van der Waals surface area contributed by atoms with Gasteiger partial charge >= 0.3 is 0 Å². The molecule has 0 fully saturated rings. The van der Waals surface area contributed by atoms with Crippen LogP contribution in [0.1, 0.15) is 17.7 Å². The number of carbonyl (C=O) groups is 1. The summed E-state index contributed by atoms with van der Waals surface area (Å²) in [5, 5.41) is 6.85. The molecule has 0 radical (unpaired) electrons. The quantitative estimate of drug-likeness (QED) is 0.783. The van der Waals surface area contributed by atoms with Gasteiger partial charge in [0.15, 0.2) is 0 Å². The average Bonchev–Trinajstić information content (AvgIpc) is 3.22. The van der Waals surface area contributed by atoms with E-state index in [2.05, 4.69) is 15.4 Å². The van der Waals surface area contributed by atoms with Crippen molar-refractivity contribution in [1.29, 1.82) is 0 Å². The minimum atomic E-state index is -0.154. The Labute approximate surface area is 131 Å². The number of nitrogens with one attached hydrogen (secondary N) is 1. The zero-order valence-corrected chi connectivity index (χ0v) is 12.4. The topological polar surface area (TPSA) is 81.3 Å². The Morgan fingerprint density at radius 1 is 1.22 bits per heavy atom. The van der Waals surface area contributed by atoms with Gasteiger partial charge in [-0.1, -0.05) is 18.2 Å². The van der Waals surface area contributed by atoms with Crippen LogP contribution in [-0.4, -0.2) is 25.1 Å². The lowest BCUT2D eigenvalue weighted by Crippen LogP contribution is -2.28. The third kappa shape index (κ3) is 2.30.